The summed E-state index contributed by atoms with van der Waals surface area (Å²) >= 11 is 5.80. The first-order valence-corrected chi connectivity index (χ1v) is 4.37. The SMILES string of the molecule is CC(C)(O)c1cc([N+](=O)[O-])ccc1Cl. The molecule has 0 unspecified atom stereocenters. The predicted molar refractivity (Wildman–Crippen MR) is 53.4 cm³/mol. The van der Waals surface area contributed by atoms with Crippen molar-refractivity contribution in [2.75, 3.05) is 0 Å². The van der Waals surface area contributed by atoms with Gasteiger partial charge in [0.15, 0.2) is 0 Å². The van der Waals surface area contributed by atoms with E-state index in [1.54, 1.807) is 0 Å². The number of halogens is 1. The lowest BCUT2D eigenvalue weighted by atomic mass is 9.98. The molecule has 0 saturated carbocycles. The van der Waals surface area contributed by atoms with Crippen LogP contribution >= 0.6 is 11.6 Å². The van der Waals surface area contributed by atoms with Crippen LogP contribution in [0, 0.1) is 10.1 Å². The van der Waals surface area contributed by atoms with Gasteiger partial charge in [0.25, 0.3) is 5.69 Å². The van der Waals surface area contributed by atoms with Crippen molar-refractivity contribution in [1.29, 1.82) is 0 Å². The van der Waals surface area contributed by atoms with E-state index < -0.39 is 10.5 Å². The fraction of sp³-hybridized carbons (Fsp3) is 0.333. The molecule has 0 amide bonds. The van der Waals surface area contributed by atoms with Crippen molar-refractivity contribution in [3.8, 4) is 0 Å². The number of rotatable bonds is 2. The molecule has 76 valence electrons. The van der Waals surface area contributed by atoms with Gasteiger partial charge in [-0.25, -0.2) is 0 Å². The number of hydrogen-bond acceptors (Lipinski definition) is 3. The van der Waals surface area contributed by atoms with Crippen molar-refractivity contribution in [1.82, 2.24) is 0 Å². The molecule has 4 nitrogen and oxygen atoms in total. The summed E-state index contributed by atoms with van der Waals surface area (Å²) in [6.45, 7) is 3.05. The summed E-state index contributed by atoms with van der Waals surface area (Å²) in [6, 6.07) is 3.99. The fourth-order valence-electron chi connectivity index (χ4n) is 1.10. The zero-order chi connectivity index (χ0) is 10.9. The summed E-state index contributed by atoms with van der Waals surface area (Å²) in [5.41, 5.74) is -0.900. The lowest BCUT2D eigenvalue weighted by Crippen LogP contribution is -2.16. The van der Waals surface area contributed by atoms with Crippen molar-refractivity contribution in [3.63, 3.8) is 0 Å². The average Bonchev–Trinajstić information content (AvgIpc) is 2.02. The number of nitro groups is 1. The number of benzene rings is 1. The minimum atomic E-state index is -1.18. The van der Waals surface area contributed by atoms with Gasteiger partial charge in [-0.3, -0.25) is 10.1 Å². The molecule has 0 bridgehead atoms. The maximum Gasteiger partial charge on any atom is 0.269 e. The molecule has 0 aliphatic rings. The minimum Gasteiger partial charge on any atom is -0.386 e. The van der Waals surface area contributed by atoms with E-state index in [1.165, 1.54) is 32.0 Å². The van der Waals surface area contributed by atoms with Gasteiger partial charge in [-0.05, 0) is 19.9 Å². The third-order valence-corrected chi connectivity index (χ3v) is 2.15. The van der Waals surface area contributed by atoms with Gasteiger partial charge < -0.3 is 5.11 Å². The lowest BCUT2D eigenvalue weighted by Gasteiger charge is -2.18. The van der Waals surface area contributed by atoms with Gasteiger partial charge >= 0.3 is 0 Å². The summed E-state index contributed by atoms with van der Waals surface area (Å²) in [5, 5.41) is 20.5. The van der Waals surface area contributed by atoms with Crippen molar-refractivity contribution in [2.24, 2.45) is 0 Å². The Labute approximate surface area is 86.3 Å². The van der Waals surface area contributed by atoms with Gasteiger partial charge in [0, 0.05) is 22.7 Å². The predicted octanol–water partition coefficient (Wildman–Crippen LogP) is 2.48. The van der Waals surface area contributed by atoms with Gasteiger partial charge in [-0.2, -0.15) is 0 Å². The molecule has 0 radical (unpaired) electrons. The van der Waals surface area contributed by atoms with Gasteiger partial charge in [-0.15, -0.1) is 0 Å². The Morgan fingerprint density at radius 1 is 1.50 bits per heavy atom. The molecule has 5 heteroatoms. The second kappa shape index (κ2) is 3.55. The van der Waals surface area contributed by atoms with Gasteiger partial charge in [0.2, 0.25) is 0 Å². The molecule has 0 heterocycles. The Kier molecular flexibility index (Phi) is 2.78. The molecule has 0 saturated heterocycles. The average molecular weight is 216 g/mol. The maximum absolute atomic E-state index is 10.5. The van der Waals surface area contributed by atoms with Crippen LogP contribution in [0.1, 0.15) is 19.4 Å². The molecule has 0 atom stereocenters. The zero-order valence-corrected chi connectivity index (χ0v) is 8.58. The summed E-state index contributed by atoms with van der Waals surface area (Å²) in [7, 11) is 0. The first-order chi connectivity index (χ1) is 6.32. The smallest absolute Gasteiger partial charge is 0.269 e. The Morgan fingerprint density at radius 2 is 2.07 bits per heavy atom. The van der Waals surface area contributed by atoms with Crippen LogP contribution in [0.4, 0.5) is 5.69 Å². The number of non-ortho nitro benzene ring substituents is 1. The minimum absolute atomic E-state index is 0.0773. The highest BCUT2D eigenvalue weighted by molar-refractivity contribution is 6.31. The normalized spacial score (nSPS) is 11.4. The van der Waals surface area contributed by atoms with E-state index in [0.717, 1.165) is 0 Å². The largest absolute Gasteiger partial charge is 0.386 e. The van der Waals surface area contributed by atoms with E-state index in [1.807, 2.05) is 0 Å². The molecule has 0 fully saturated rings. The molecule has 0 aromatic heterocycles. The Balaban J connectivity index is 3.29. The van der Waals surface area contributed by atoms with Crippen LogP contribution in [-0.4, -0.2) is 10.0 Å². The van der Waals surface area contributed by atoms with Gasteiger partial charge in [-0.1, -0.05) is 11.6 Å². The van der Waals surface area contributed by atoms with Crippen LogP contribution in [-0.2, 0) is 5.60 Å². The molecule has 1 aromatic rings. The van der Waals surface area contributed by atoms with Crippen LogP contribution in [0.2, 0.25) is 5.02 Å². The van der Waals surface area contributed by atoms with E-state index in [2.05, 4.69) is 0 Å². The molecule has 1 N–H and O–H groups in total. The van der Waals surface area contributed by atoms with E-state index in [0.29, 0.717) is 10.6 Å². The number of nitrogens with zero attached hydrogens (tertiary/aromatic N) is 1. The second-order valence-corrected chi connectivity index (χ2v) is 3.89. The summed E-state index contributed by atoms with van der Waals surface area (Å²) in [5.74, 6) is 0. The van der Waals surface area contributed by atoms with Gasteiger partial charge in [0.1, 0.15) is 0 Å². The van der Waals surface area contributed by atoms with Crippen LogP contribution < -0.4 is 0 Å². The fourth-order valence-corrected chi connectivity index (χ4v) is 1.44. The molecule has 1 aromatic carbocycles. The van der Waals surface area contributed by atoms with Crippen molar-refractivity contribution in [2.45, 2.75) is 19.4 Å². The topological polar surface area (TPSA) is 63.4 Å². The molecule has 14 heavy (non-hydrogen) atoms. The van der Waals surface area contributed by atoms with Crippen molar-refractivity contribution >= 4 is 17.3 Å². The van der Waals surface area contributed by atoms with Crippen LogP contribution in [0.3, 0.4) is 0 Å². The number of hydrogen-bond donors (Lipinski definition) is 1. The number of nitro benzene ring substituents is 1. The van der Waals surface area contributed by atoms with E-state index in [4.69, 9.17) is 11.6 Å². The van der Waals surface area contributed by atoms with Crippen LogP contribution in [0.5, 0.6) is 0 Å². The second-order valence-electron chi connectivity index (χ2n) is 3.48. The molecule has 1 rings (SSSR count). The Morgan fingerprint density at radius 3 is 2.50 bits per heavy atom. The molecular formula is C9H10ClNO3. The third kappa shape index (κ3) is 2.21. The summed E-state index contributed by atoms with van der Waals surface area (Å²) in [6.07, 6.45) is 0. The van der Waals surface area contributed by atoms with Crippen LogP contribution in [0.25, 0.3) is 0 Å². The summed E-state index contributed by atoms with van der Waals surface area (Å²) in [4.78, 5) is 9.95. The lowest BCUT2D eigenvalue weighted by molar-refractivity contribution is -0.385. The van der Waals surface area contributed by atoms with Crippen molar-refractivity contribution in [3.05, 3.63) is 38.9 Å². The highest BCUT2D eigenvalue weighted by Crippen LogP contribution is 2.30. The van der Waals surface area contributed by atoms with E-state index >= 15 is 0 Å². The monoisotopic (exact) mass is 215 g/mol. The van der Waals surface area contributed by atoms with Crippen LogP contribution in [0.15, 0.2) is 18.2 Å². The standard InChI is InChI=1S/C9H10ClNO3/c1-9(2,12)7-5-6(11(13)14)3-4-8(7)10/h3-5,12H,1-2H3. The molecule has 0 spiro atoms. The third-order valence-electron chi connectivity index (χ3n) is 1.82. The number of aliphatic hydroxyl groups is 1. The Hall–Kier alpha value is -1.13. The maximum atomic E-state index is 10.5. The highest BCUT2D eigenvalue weighted by Gasteiger charge is 2.22. The molecular weight excluding hydrogens is 206 g/mol. The van der Waals surface area contributed by atoms with Crippen molar-refractivity contribution < 1.29 is 10.0 Å². The quantitative estimate of drug-likeness (QED) is 0.609. The van der Waals surface area contributed by atoms with E-state index in [-0.39, 0.29) is 5.69 Å². The summed E-state index contributed by atoms with van der Waals surface area (Å²) < 4.78 is 0. The first kappa shape index (κ1) is 10.9. The van der Waals surface area contributed by atoms with E-state index in [9.17, 15) is 15.2 Å². The van der Waals surface area contributed by atoms with Gasteiger partial charge in [0.05, 0.1) is 10.5 Å². The molecule has 0 aliphatic heterocycles. The zero-order valence-electron chi connectivity index (χ0n) is 7.82. The Bertz CT molecular complexity index is 371. The molecule has 0 aliphatic carbocycles. The first-order valence-electron chi connectivity index (χ1n) is 3.99. The highest BCUT2D eigenvalue weighted by atomic mass is 35.5.